The third-order valence-electron chi connectivity index (χ3n) is 3.11. The fourth-order valence-corrected chi connectivity index (χ4v) is 2.16. The van der Waals surface area contributed by atoms with Crippen LogP contribution in [0.2, 0.25) is 0 Å². The molecule has 1 aromatic heterocycles. The minimum absolute atomic E-state index is 0.395. The molecule has 0 saturated carbocycles. The number of halogens is 1. The second kappa shape index (κ2) is 7.21. The van der Waals surface area contributed by atoms with Crippen molar-refractivity contribution in [2.24, 2.45) is 10.7 Å². The molecular formula is C14H19BrN6. The number of nitrogens with one attached hydrogen (secondary N) is 1. The number of aliphatic imine (C=N–C) groups is 1. The quantitative estimate of drug-likeness (QED) is 0.640. The molecule has 0 aliphatic rings. The largest absolute Gasteiger partial charge is 0.370 e. The first-order valence-corrected chi connectivity index (χ1v) is 7.65. The number of aromatic nitrogens is 3. The Morgan fingerprint density at radius 1 is 1.29 bits per heavy atom. The molecule has 1 heterocycles. The van der Waals surface area contributed by atoms with Crippen LogP contribution < -0.4 is 5.73 Å². The number of hydrogen-bond acceptors (Lipinski definition) is 3. The van der Waals surface area contributed by atoms with Gasteiger partial charge in [0.2, 0.25) is 0 Å². The molecule has 1 aromatic carbocycles. The summed E-state index contributed by atoms with van der Waals surface area (Å²) in [7, 11) is 0. The summed E-state index contributed by atoms with van der Waals surface area (Å²) in [6, 6.07) is 7.85. The molecule has 0 atom stereocenters. The molecule has 0 aliphatic heterocycles. The van der Waals surface area contributed by atoms with Crippen LogP contribution in [-0.2, 0) is 6.54 Å². The van der Waals surface area contributed by atoms with Crippen LogP contribution in [0.1, 0.15) is 19.7 Å². The van der Waals surface area contributed by atoms with Crippen LogP contribution in [0.4, 0.5) is 0 Å². The van der Waals surface area contributed by atoms with Crippen LogP contribution in [0, 0.1) is 0 Å². The summed E-state index contributed by atoms with van der Waals surface area (Å²) in [5.41, 5.74) is 6.89. The molecule has 2 rings (SSSR count). The van der Waals surface area contributed by atoms with Crippen molar-refractivity contribution in [3.05, 3.63) is 34.6 Å². The molecule has 0 aliphatic carbocycles. The van der Waals surface area contributed by atoms with E-state index in [0.717, 1.165) is 23.1 Å². The highest BCUT2D eigenvalue weighted by Crippen LogP contribution is 2.18. The first-order valence-electron chi connectivity index (χ1n) is 6.86. The van der Waals surface area contributed by atoms with E-state index in [2.05, 4.69) is 36.1 Å². The summed E-state index contributed by atoms with van der Waals surface area (Å²) < 4.78 is 1.03. The van der Waals surface area contributed by atoms with Gasteiger partial charge in [-0.05, 0) is 26.0 Å². The Bertz CT molecular complexity index is 600. The zero-order valence-electron chi connectivity index (χ0n) is 12.2. The lowest BCUT2D eigenvalue weighted by atomic mass is 10.2. The summed E-state index contributed by atoms with van der Waals surface area (Å²) in [6.07, 6.45) is 0. The van der Waals surface area contributed by atoms with Crippen molar-refractivity contribution in [1.82, 2.24) is 20.1 Å². The molecule has 21 heavy (non-hydrogen) atoms. The normalized spacial score (nSPS) is 11.7. The van der Waals surface area contributed by atoms with E-state index in [0.29, 0.717) is 24.2 Å². The van der Waals surface area contributed by atoms with E-state index in [9.17, 15) is 0 Å². The zero-order chi connectivity index (χ0) is 15.2. The average molecular weight is 351 g/mol. The molecular weight excluding hydrogens is 332 g/mol. The Balaban J connectivity index is 2.07. The van der Waals surface area contributed by atoms with E-state index in [1.165, 1.54) is 0 Å². The van der Waals surface area contributed by atoms with Crippen LogP contribution in [0.3, 0.4) is 0 Å². The second-order valence-electron chi connectivity index (χ2n) is 4.46. The molecule has 6 nitrogen and oxygen atoms in total. The number of H-pyrrole nitrogens is 1. The first kappa shape index (κ1) is 15.5. The Morgan fingerprint density at radius 2 is 1.95 bits per heavy atom. The monoisotopic (exact) mass is 350 g/mol. The van der Waals surface area contributed by atoms with E-state index < -0.39 is 0 Å². The average Bonchev–Trinajstić information content (AvgIpc) is 2.96. The number of nitrogens with two attached hydrogens (primary N) is 1. The van der Waals surface area contributed by atoms with Gasteiger partial charge >= 0.3 is 0 Å². The summed E-state index contributed by atoms with van der Waals surface area (Å²) in [5.74, 6) is 1.89. The van der Waals surface area contributed by atoms with Crippen LogP contribution in [0.5, 0.6) is 0 Å². The third-order valence-corrected chi connectivity index (χ3v) is 3.64. The van der Waals surface area contributed by atoms with Gasteiger partial charge in [0.25, 0.3) is 0 Å². The Kier molecular flexibility index (Phi) is 5.32. The van der Waals surface area contributed by atoms with E-state index in [1.807, 2.05) is 43.0 Å². The predicted molar refractivity (Wildman–Crippen MR) is 87.8 cm³/mol. The van der Waals surface area contributed by atoms with Gasteiger partial charge < -0.3 is 10.6 Å². The van der Waals surface area contributed by atoms with Crippen molar-refractivity contribution >= 4 is 21.9 Å². The van der Waals surface area contributed by atoms with Gasteiger partial charge in [0.15, 0.2) is 11.8 Å². The summed E-state index contributed by atoms with van der Waals surface area (Å²) in [5, 5.41) is 7.10. The van der Waals surface area contributed by atoms with Gasteiger partial charge in [-0.3, -0.25) is 5.10 Å². The molecule has 3 N–H and O–H groups in total. The molecule has 7 heteroatoms. The van der Waals surface area contributed by atoms with Crippen molar-refractivity contribution in [1.29, 1.82) is 0 Å². The number of benzene rings is 1. The maximum absolute atomic E-state index is 5.93. The highest BCUT2D eigenvalue weighted by atomic mass is 79.9. The SMILES string of the molecule is CCN(CC)C(N)=NCc1nc(-c2ccc(Br)cc2)n[nH]1. The van der Waals surface area contributed by atoms with Gasteiger partial charge in [-0.1, -0.05) is 28.1 Å². The van der Waals surface area contributed by atoms with E-state index in [1.54, 1.807) is 0 Å². The van der Waals surface area contributed by atoms with Crippen molar-refractivity contribution in [3.63, 3.8) is 0 Å². The maximum Gasteiger partial charge on any atom is 0.191 e. The summed E-state index contributed by atoms with van der Waals surface area (Å²) in [4.78, 5) is 10.8. The van der Waals surface area contributed by atoms with E-state index in [4.69, 9.17) is 5.73 Å². The number of guanidine groups is 1. The number of rotatable bonds is 5. The lowest BCUT2D eigenvalue weighted by Crippen LogP contribution is -2.37. The topological polar surface area (TPSA) is 83.2 Å². The van der Waals surface area contributed by atoms with Gasteiger partial charge in [0.05, 0.1) is 0 Å². The number of nitrogens with zero attached hydrogens (tertiary/aromatic N) is 4. The molecule has 0 radical (unpaired) electrons. The molecule has 0 fully saturated rings. The highest BCUT2D eigenvalue weighted by Gasteiger charge is 2.06. The van der Waals surface area contributed by atoms with Crippen LogP contribution >= 0.6 is 15.9 Å². The van der Waals surface area contributed by atoms with E-state index in [-0.39, 0.29) is 0 Å². The second-order valence-corrected chi connectivity index (χ2v) is 5.37. The molecule has 0 bridgehead atoms. The lowest BCUT2D eigenvalue weighted by molar-refractivity contribution is 0.458. The Morgan fingerprint density at radius 3 is 2.57 bits per heavy atom. The van der Waals surface area contributed by atoms with E-state index >= 15 is 0 Å². The number of hydrogen-bond donors (Lipinski definition) is 2. The number of aromatic amines is 1. The lowest BCUT2D eigenvalue weighted by Gasteiger charge is -2.18. The molecule has 0 amide bonds. The highest BCUT2D eigenvalue weighted by molar-refractivity contribution is 9.10. The fraction of sp³-hybridized carbons (Fsp3) is 0.357. The standard InChI is InChI=1S/C14H19BrN6/c1-3-21(4-2)14(16)17-9-12-18-13(20-19-12)10-5-7-11(15)8-6-10/h5-8H,3-4,9H2,1-2H3,(H2,16,17)(H,18,19,20). The van der Waals surface area contributed by atoms with Gasteiger partial charge in [-0.25, -0.2) is 9.98 Å². The van der Waals surface area contributed by atoms with Crippen molar-refractivity contribution in [2.45, 2.75) is 20.4 Å². The first-order chi connectivity index (χ1) is 10.1. The van der Waals surface area contributed by atoms with Crippen molar-refractivity contribution in [3.8, 4) is 11.4 Å². The fourth-order valence-electron chi connectivity index (χ4n) is 1.90. The molecule has 0 saturated heterocycles. The maximum atomic E-state index is 5.93. The van der Waals surface area contributed by atoms with Gasteiger partial charge in [0, 0.05) is 23.1 Å². The third kappa shape index (κ3) is 4.04. The van der Waals surface area contributed by atoms with Crippen LogP contribution in [0.15, 0.2) is 33.7 Å². The van der Waals surface area contributed by atoms with Gasteiger partial charge in [0.1, 0.15) is 12.4 Å². The molecule has 2 aromatic rings. The Labute approximate surface area is 132 Å². The minimum atomic E-state index is 0.395. The molecule has 0 unspecified atom stereocenters. The molecule has 112 valence electrons. The zero-order valence-corrected chi connectivity index (χ0v) is 13.8. The van der Waals surface area contributed by atoms with Crippen molar-refractivity contribution < 1.29 is 0 Å². The van der Waals surface area contributed by atoms with Crippen LogP contribution in [0.25, 0.3) is 11.4 Å². The van der Waals surface area contributed by atoms with Crippen molar-refractivity contribution in [2.75, 3.05) is 13.1 Å². The molecule has 0 spiro atoms. The van der Waals surface area contributed by atoms with Crippen LogP contribution in [-0.4, -0.2) is 39.1 Å². The Hall–Kier alpha value is -1.89. The smallest absolute Gasteiger partial charge is 0.191 e. The minimum Gasteiger partial charge on any atom is -0.370 e. The van der Waals surface area contributed by atoms with Gasteiger partial charge in [-0.15, -0.1) is 0 Å². The van der Waals surface area contributed by atoms with Gasteiger partial charge in [-0.2, -0.15) is 5.10 Å². The predicted octanol–water partition coefficient (Wildman–Crippen LogP) is 2.39. The summed E-state index contributed by atoms with van der Waals surface area (Å²) in [6.45, 7) is 6.17. The summed E-state index contributed by atoms with van der Waals surface area (Å²) >= 11 is 3.41.